The first-order chi connectivity index (χ1) is 11.6. The van der Waals surface area contributed by atoms with Crippen LogP contribution >= 0.6 is 0 Å². The fourth-order valence-electron chi connectivity index (χ4n) is 2.61. The zero-order valence-electron chi connectivity index (χ0n) is 15.7. The molecular formula is C18H25BN2O4. The lowest BCUT2D eigenvalue weighted by atomic mass is 9.79. The third kappa shape index (κ3) is 3.31. The molecule has 0 unspecified atom stereocenters. The lowest BCUT2D eigenvalue weighted by Crippen LogP contribution is -2.41. The van der Waals surface area contributed by atoms with Crippen molar-refractivity contribution in [3.05, 3.63) is 24.4 Å². The summed E-state index contributed by atoms with van der Waals surface area (Å²) in [5, 5.41) is 5.02. The Bertz CT molecular complexity index is 781. The Morgan fingerprint density at radius 3 is 2.48 bits per heavy atom. The minimum Gasteiger partial charge on any atom is -0.448 e. The molecule has 0 bridgehead atoms. The van der Waals surface area contributed by atoms with E-state index in [0.29, 0.717) is 12.1 Å². The van der Waals surface area contributed by atoms with E-state index in [1.807, 2.05) is 59.7 Å². The molecule has 1 aromatic heterocycles. The molecule has 0 atom stereocenters. The van der Waals surface area contributed by atoms with E-state index in [1.165, 1.54) is 4.68 Å². The maximum Gasteiger partial charge on any atom is 0.494 e. The van der Waals surface area contributed by atoms with Gasteiger partial charge in [-0.3, -0.25) is 0 Å². The van der Waals surface area contributed by atoms with Crippen molar-refractivity contribution in [2.24, 2.45) is 5.92 Å². The average Bonchev–Trinajstić information content (AvgIpc) is 3.02. The zero-order valence-corrected chi connectivity index (χ0v) is 15.7. The summed E-state index contributed by atoms with van der Waals surface area (Å²) in [6.45, 7) is 12.4. The highest BCUT2D eigenvalue weighted by molar-refractivity contribution is 6.62. The third-order valence-electron chi connectivity index (χ3n) is 4.83. The number of nitrogens with zero attached hydrogens (tertiary/aromatic N) is 2. The molecule has 6 nitrogen and oxygen atoms in total. The van der Waals surface area contributed by atoms with Crippen molar-refractivity contribution in [2.45, 2.75) is 52.7 Å². The van der Waals surface area contributed by atoms with Crippen molar-refractivity contribution in [3.63, 3.8) is 0 Å². The second-order valence-corrected chi connectivity index (χ2v) is 7.93. The van der Waals surface area contributed by atoms with Crippen LogP contribution in [0.25, 0.3) is 10.9 Å². The van der Waals surface area contributed by atoms with Gasteiger partial charge in [0.1, 0.15) is 0 Å². The predicted octanol–water partition coefficient (Wildman–Crippen LogP) is 2.98. The van der Waals surface area contributed by atoms with Gasteiger partial charge in [0, 0.05) is 5.39 Å². The van der Waals surface area contributed by atoms with Crippen LogP contribution in [0.15, 0.2) is 24.4 Å². The highest BCUT2D eigenvalue weighted by atomic mass is 16.7. The van der Waals surface area contributed by atoms with Gasteiger partial charge in [0.2, 0.25) is 0 Å². The topological polar surface area (TPSA) is 62.6 Å². The number of aromatic nitrogens is 2. The van der Waals surface area contributed by atoms with Crippen LogP contribution in [0.5, 0.6) is 0 Å². The number of carbonyl (C=O) groups excluding carboxylic acids is 1. The van der Waals surface area contributed by atoms with E-state index < -0.39 is 24.4 Å². The Morgan fingerprint density at radius 2 is 1.88 bits per heavy atom. The molecule has 0 saturated carbocycles. The molecule has 134 valence electrons. The molecule has 0 radical (unpaired) electrons. The number of benzene rings is 1. The van der Waals surface area contributed by atoms with Gasteiger partial charge in [0.25, 0.3) is 0 Å². The summed E-state index contributed by atoms with van der Waals surface area (Å²) in [5.74, 6) is 0.270. The lowest BCUT2D eigenvalue weighted by Gasteiger charge is -2.32. The Morgan fingerprint density at radius 1 is 1.24 bits per heavy atom. The number of rotatable bonds is 3. The maximum absolute atomic E-state index is 12.3. The summed E-state index contributed by atoms with van der Waals surface area (Å²) in [6, 6.07) is 5.73. The molecule has 0 spiro atoms. The molecule has 0 amide bonds. The standard InChI is InChI=1S/C18H25BN2O4/c1-12(2)11-23-16(22)21-15-9-14(8-7-13(15)10-20-21)19-24-17(3,4)18(5,6)25-19/h7-10,12H,11H2,1-6H3. The SMILES string of the molecule is CC(C)COC(=O)n1ncc2ccc(B3OC(C)(C)C(C)(C)O3)cc21. The molecule has 25 heavy (non-hydrogen) atoms. The predicted molar refractivity (Wildman–Crippen MR) is 97.0 cm³/mol. The molecule has 3 rings (SSSR count). The molecule has 1 saturated heterocycles. The van der Waals surface area contributed by atoms with Crippen LogP contribution in [0, 0.1) is 5.92 Å². The molecular weight excluding hydrogens is 319 g/mol. The molecule has 1 fully saturated rings. The smallest absolute Gasteiger partial charge is 0.448 e. The van der Waals surface area contributed by atoms with Gasteiger partial charge in [-0.25, -0.2) is 4.79 Å². The molecule has 1 aliphatic heterocycles. The van der Waals surface area contributed by atoms with Crippen LogP contribution < -0.4 is 5.46 Å². The van der Waals surface area contributed by atoms with Crippen LogP contribution in [-0.4, -0.2) is 40.8 Å². The van der Waals surface area contributed by atoms with Crippen LogP contribution in [0.4, 0.5) is 4.79 Å². The molecule has 2 aromatic rings. The van der Waals surface area contributed by atoms with Crippen molar-refractivity contribution < 1.29 is 18.8 Å². The second kappa shape index (κ2) is 6.14. The van der Waals surface area contributed by atoms with E-state index in [1.54, 1.807) is 6.20 Å². The quantitative estimate of drug-likeness (QED) is 0.801. The van der Waals surface area contributed by atoms with Crippen LogP contribution in [-0.2, 0) is 14.0 Å². The molecule has 0 aliphatic carbocycles. The fourth-order valence-corrected chi connectivity index (χ4v) is 2.61. The number of carbonyl (C=O) groups is 1. The van der Waals surface area contributed by atoms with Crippen LogP contribution in [0.1, 0.15) is 41.5 Å². The fraction of sp³-hybridized carbons (Fsp3) is 0.556. The maximum atomic E-state index is 12.3. The van der Waals surface area contributed by atoms with Crippen LogP contribution in [0.3, 0.4) is 0 Å². The van der Waals surface area contributed by atoms with Gasteiger partial charge in [-0.15, -0.1) is 0 Å². The lowest BCUT2D eigenvalue weighted by molar-refractivity contribution is 0.00578. The van der Waals surface area contributed by atoms with Gasteiger partial charge in [0.05, 0.1) is 29.5 Å². The van der Waals surface area contributed by atoms with E-state index in [2.05, 4.69) is 5.10 Å². The van der Waals surface area contributed by atoms with Crippen LogP contribution in [0.2, 0.25) is 0 Å². The number of fused-ring (bicyclic) bond motifs is 1. The Kier molecular flexibility index (Phi) is 4.41. The number of hydrogen-bond donors (Lipinski definition) is 0. The van der Waals surface area contributed by atoms with Gasteiger partial charge in [0.15, 0.2) is 0 Å². The second-order valence-electron chi connectivity index (χ2n) is 7.93. The highest BCUT2D eigenvalue weighted by Gasteiger charge is 2.51. The Balaban J connectivity index is 1.90. The summed E-state index contributed by atoms with van der Waals surface area (Å²) in [7, 11) is -0.482. The van der Waals surface area contributed by atoms with E-state index in [9.17, 15) is 4.79 Å². The van der Waals surface area contributed by atoms with Gasteiger partial charge >= 0.3 is 13.2 Å². The summed E-state index contributed by atoms with van der Waals surface area (Å²) < 4.78 is 18.7. The molecule has 7 heteroatoms. The van der Waals surface area contributed by atoms with Crippen molar-refractivity contribution >= 4 is 29.6 Å². The summed E-state index contributed by atoms with van der Waals surface area (Å²) >= 11 is 0. The van der Waals surface area contributed by atoms with Crippen molar-refractivity contribution in [3.8, 4) is 0 Å². The van der Waals surface area contributed by atoms with Crippen molar-refractivity contribution in [2.75, 3.05) is 6.61 Å². The first kappa shape index (κ1) is 18.0. The largest absolute Gasteiger partial charge is 0.494 e. The van der Waals surface area contributed by atoms with Gasteiger partial charge in [-0.05, 0) is 45.1 Å². The highest BCUT2D eigenvalue weighted by Crippen LogP contribution is 2.36. The minimum absolute atomic E-state index is 0.270. The monoisotopic (exact) mass is 344 g/mol. The molecule has 1 aromatic carbocycles. The van der Waals surface area contributed by atoms with Gasteiger partial charge < -0.3 is 14.0 Å². The summed E-state index contributed by atoms with van der Waals surface area (Å²) in [5.41, 5.74) is 0.706. The van der Waals surface area contributed by atoms with Gasteiger partial charge in [-0.1, -0.05) is 26.0 Å². The normalized spacial score (nSPS) is 18.9. The first-order valence-corrected chi connectivity index (χ1v) is 8.61. The van der Waals surface area contributed by atoms with Crippen molar-refractivity contribution in [1.29, 1.82) is 0 Å². The van der Waals surface area contributed by atoms with E-state index in [4.69, 9.17) is 14.0 Å². The third-order valence-corrected chi connectivity index (χ3v) is 4.83. The van der Waals surface area contributed by atoms with E-state index in [0.717, 1.165) is 10.8 Å². The van der Waals surface area contributed by atoms with Gasteiger partial charge in [-0.2, -0.15) is 9.78 Å². The zero-order chi connectivity index (χ0) is 18.4. The first-order valence-electron chi connectivity index (χ1n) is 8.61. The number of hydrogen-bond acceptors (Lipinski definition) is 5. The molecule has 1 aliphatic rings. The summed E-state index contributed by atoms with van der Waals surface area (Å²) in [6.07, 6.45) is 1.18. The average molecular weight is 344 g/mol. The van der Waals surface area contributed by atoms with E-state index in [-0.39, 0.29) is 5.92 Å². The Labute approximate surface area is 148 Å². The number of ether oxygens (including phenoxy) is 1. The van der Waals surface area contributed by atoms with Crippen molar-refractivity contribution in [1.82, 2.24) is 9.78 Å². The van der Waals surface area contributed by atoms with E-state index >= 15 is 0 Å². The summed E-state index contributed by atoms with van der Waals surface area (Å²) in [4.78, 5) is 12.3. The molecule has 0 N–H and O–H groups in total. The Hall–Kier alpha value is -1.86. The minimum atomic E-state index is -0.482. The molecule has 2 heterocycles.